The number of carbonyl (C=O) groups is 1. The Morgan fingerprint density at radius 3 is 2.75 bits per heavy atom. The van der Waals surface area contributed by atoms with Crippen molar-refractivity contribution in [3.8, 4) is 0 Å². The minimum atomic E-state index is -0.802. The van der Waals surface area contributed by atoms with Crippen molar-refractivity contribution >= 4 is 11.9 Å². The highest BCUT2D eigenvalue weighted by Crippen LogP contribution is 2.33. The van der Waals surface area contributed by atoms with Gasteiger partial charge in [-0.25, -0.2) is 4.68 Å². The Morgan fingerprint density at radius 1 is 1.40 bits per heavy atom. The van der Waals surface area contributed by atoms with Gasteiger partial charge in [-0.15, -0.1) is 5.10 Å². The van der Waals surface area contributed by atoms with Crippen LogP contribution in [0.2, 0.25) is 0 Å². The number of aromatic nitrogens is 3. The maximum absolute atomic E-state index is 11.5. The third-order valence-electron chi connectivity index (χ3n) is 3.85. The van der Waals surface area contributed by atoms with Crippen LogP contribution >= 0.6 is 0 Å². The molecule has 3 N–H and O–H groups in total. The van der Waals surface area contributed by atoms with Gasteiger partial charge in [-0.2, -0.15) is 4.98 Å². The summed E-state index contributed by atoms with van der Waals surface area (Å²) in [6, 6.07) is 7.97. The zero-order valence-electron chi connectivity index (χ0n) is 11.2. The number of hydrogen-bond acceptors (Lipinski definition) is 4. The lowest BCUT2D eigenvalue weighted by molar-refractivity contribution is -0.143. The Morgan fingerprint density at radius 2 is 2.10 bits per heavy atom. The molecule has 2 atom stereocenters. The van der Waals surface area contributed by atoms with Crippen molar-refractivity contribution in [2.24, 2.45) is 5.92 Å². The van der Waals surface area contributed by atoms with Gasteiger partial charge in [0.1, 0.15) is 5.82 Å². The number of carboxylic acids is 1. The summed E-state index contributed by atoms with van der Waals surface area (Å²) in [5, 5.41) is 13.6. The molecule has 0 aliphatic carbocycles. The van der Waals surface area contributed by atoms with E-state index in [9.17, 15) is 9.90 Å². The molecule has 6 nitrogen and oxygen atoms in total. The van der Waals surface area contributed by atoms with E-state index in [1.807, 2.05) is 31.2 Å². The molecule has 1 aliphatic heterocycles. The lowest BCUT2D eigenvalue weighted by Gasteiger charge is -2.29. The number of aliphatic carboxylic acids is 1. The fraction of sp³-hybridized carbons (Fsp3) is 0.357. The second-order valence-electron chi connectivity index (χ2n) is 5.23. The van der Waals surface area contributed by atoms with E-state index in [1.165, 1.54) is 0 Å². The molecule has 3 rings (SSSR count). The normalized spacial score (nSPS) is 21.4. The van der Waals surface area contributed by atoms with Gasteiger partial charge >= 0.3 is 5.97 Å². The molecule has 2 unspecified atom stereocenters. The van der Waals surface area contributed by atoms with E-state index in [0.29, 0.717) is 18.8 Å². The maximum Gasteiger partial charge on any atom is 0.307 e. The lowest BCUT2D eigenvalue weighted by Crippen LogP contribution is -2.33. The Hall–Kier alpha value is -2.37. The average Bonchev–Trinajstić information content (AvgIpc) is 2.77. The Balaban J connectivity index is 1.99. The van der Waals surface area contributed by atoms with Gasteiger partial charge in [-0.1, -0.05) is 29.8 Å². The molecular formula is C14H16N4O2. The smallest absolute Gasteiger partial charge is 0.307 e. The molecule has 20 heavy (non-hydrogen) atoms. The highest BCUT2D eigenvalue weighted by atomic mass is 16.4. The summed E-state index contributed by atoms with van der Waals surface area (Å²) >= 11 is 0. The van der Waals surface area contributed by atoms with Crippen LogP contribution < -0.4 is 5.73 Å². The van der Waals surface area contributed by atoms with Crippen molar-refractivity contribution in [1.29, 1.82) is 0 Å². The van der Waals surface area contributed by atoms with E-state index in [1.54, 1.807) is 4.68 Å². The number of fused-ring (bicyclic) bond motifs is 1. The van der Waals surface area contributed by atoms with Crippen molar-refractivity contribution in [1.82, 2.24) is 14.8 Å². The molecule has 0 bridgehead atoms. The van der Waals surface area contributed by atoms with Crippen LogP contribution in [0.15, 0.2) is 24.3 Å². The molecular weight excluding hydrogens is 256 g/mol. The highest BCUT2D eigenvalue weighted by molar-refractivity contribution is 5.72. The van der Waals surface area contributed by atoms with Crippen molar-refractivity contribution in [3.63, 3.8) is 0 Å². The first kappa shape index (κ1) is 12.7. The molecule has 1 aromatic heterocycles. The molecule has 0 saturated heterocycles. The van der Waals surface area contributed by atoms with Crippen LogP contribution in [0.3, 0.4) is 0 Å². The molecule has 2 heterocycles. The third kappa shape index (κ3) is 2.13. The first-order valence-electron chi connectivity index (χ1n) is 6.53. The Kier molecular flexibility index (Phi) is 2.93. The quantitative estimate of drug-likeness (QED) is 0.857. The van der Waals surface area contributed by atoms with Gasteiger partial charge in [-0.3, -0.25) is 4.79 Å². The van der Waals surface area contributed by atoms with Crippen molar-refractivity contribution in [2.45, 2.75) is 25.8 Å². The van der Waals surface area contributed by atoms with Crippen LogP contribution in [0, 0.1) is 12.8 Å². The number of benzene rings is 1. The van der Waals surface area contributed by atoms with E-state index in [2.05, 4.69) is 10.1 Å². The molecule has 0 spiro atoms. The summed E-state index contributed by atoms with van der Waals surface area (Å²) in [7, 11) is 0. The Bertz CT molecular complexity index is 648. The molecule has 1 aromatic carbocycles. The first-order valence-corrected chi connectivity index (χ1v) is 6.53. The number of nitrogen functional groups attached to an aromatic ring is 1. The van der Waals surface area contributed by atoms with Crippen LogP contribution in [-0.2, 0) is 17.8 Å². The fourth-order valence-electron chi connectivity index (χ4n) is 2.75. The van der Waals surface area contributed by atoms with Gasteiger partial charge in [0.2, 0.25) is 5.95 Å². The molecule has 0 saturated carbocycles. The first-order chi connectivity index (χ1) is 9.54. The van der Waals surface area contributed by atoms with Crippen molar-refractivity contribution in [2.75, 3.05) is 5.73 Å². The second kappa shape index (κ2) is 4.63. The number of anilines is 1. The second-order valence-corrected chi connectivity index (χ2v) is 5.23. The lowest BCUT2D eigenvalue weighted by atomic mass is 9.81. The van der Waals surface area contributed by atoms with E-state index >= 15 is 0 Å². The van der Waals surface area contributed by atoms with Crippen LogP contribution in [-0.4, -0.2) is 25.8 Å². The summed E-state index contributed by atoms with van der Waals surface area (Å²) in [6.45, 7) is 2.51. The van der Waals surface area contributed by atoms with E-state index in [4.69, 9.17) is 5.73 Å². The largest absolute Gasteiger partial charge is 0.481 e. The summed E-state index contributed by atoms with van der Waals surface area (Å²) in [4.78, 5) is 15.6. The van der Waals surface area contributed by atoms with Crippen molar-refractivity contribution < 1.29 is 9.90 Å². The number of nitrogens with zero attached hydrogens (tertiary/aromatic N) is 3. The van der Waals surface area contributed by atoms with Gasteiger partial charge in [0.15, 0.2) is 0 Å². The monoisotopic (exact) mass is 272 g/mol. The summed E-state index contributed by atoms with van der Waals surface area (Å²) in [6.07, 6.45) is 0.359. The highest BCUT2D eigenvalue weighted by Gasteiger charge is 2.36. The zero-order chi connectivity index (χ0) is 14.3. The van der Waals surface area contributed by atoms with Crippen LogP contribution in [0.1, 0.15) is 22.9 Å². The van der Waals surface area contributed by atoms with E-state index in [-0.39, 0.29) is 11.9 Å². The Labute approximate surface area is 116 Å². The number of aryl methyl sites for hydroxylation is 1. The minimum Gasteiger partial charge on any atom is -0.481 e. The number of carboxylic acid groups (broad SMARTS) is 1. The molecule has 0 radical (unpaired) electrons. The molecule has 6 heteroatoms. The van der Waals surface area contributed by atoms with Gasteiger partial charge in [0.25, 0.3) is 0 Å². The van der Waals surface area contributed by atoms with Crippen molar-refractivity contribution in [3.05, 3.63) is 41.2 Å². The van der Waals surface area contributed by atoms with Gasteiger partial charge in [0.05, 0.1) is 12.5 Å². The van der Waals surface area contributed by atoms with E-state index < -0.39 is 11.9 Å². The zero-order valence-corrected chi connectivity index (χ0v) is 11.2. The number of nitrogens with two attached hydrogens (primary N) is 1. The van der Waals surface area contributed by atoms with E-state index in [0.717, 1.165) is 11.1 Å². The summed E-state index contributed by atoms with van der Waals surface area (Å²) in [5.74, 6) is -0.550. The fourth-order valence-corrected chi connectivity index (χ4v) is 2.75. The molecule has 2 aromatic rings. The summed E-state index contributed by atoms with van der Waals surface area (Å²) < 4.78 is 1.72. The van der Waals surface area contributed by atoms with Crippen LogP contribution in [0.4, 0.5) is 5.95 Å². The molecule has 0 fully saturated rings. The summed E-state index contributed by atoms with van der Waals surface area (Å²) in [5.41, 5.74) is 7.76. The standard InChI is InChI=1S/C14H16N4O2/c1-8-2-4-9(5-3-8)11-7-18-12(16-14(15)17-18)6-10(11)13(19)20/h2-5,10-11H,6-7H2,1H3,(H2,15,17)(H,19,20). The SMILES string of the molecule is Cc1ccc(C2Cn3nc(N)nc3CC2C(=O)O)cc1. The van der Waals surface area contributed by atoms with Crippen LogP contribution in [0.25, 0.3) is 0 Å². The minimum absolute atomic E-state index is 0.110. The van der Waals surface area contributed by atoms with Gasteiger partial charge < -0.3 is 10.8 Å². The third-order valence-corrected chi connectivity index (χ3v) is 3.85. The van der Waals surface area contributed by atoms with Gasteiger partial charge in [0, 0.05) is 12.3 Å². The molecule has 1 aliphatic rings. The predicted molar refractivity (Wildman–Crippen MR) is 73.2 cm³/mol. The molecule has 104 valence electrons. The number of rotatable bonds is 2. The number of hydrogen-bond donors (Lipinski definition) is 2. The van der Waals surface area contributed by atoms with Gasteiger partial charge in [-0.05, 0) is 12.5 Å². The maximum atomic E-state index is 11.5. The predicted octanol–water partition coefficient (Wildman–Crippen LogP) is 1.21. The molecule has 0 amide bonds. The van der Waals surface area contributed by atoms with Crippen LogP contribution in [0.5, 0.6) is 0 Å². The topological polar surface area (TPSA) is 94.0 Å². The average molecular weight is 272 g/mol.